The lowest BCUT2D eigenvalue weighted by molar-refractivity contribution is -0.138. The van der Waals surface area contributed by atoms with Gasteiger partial charge in [-0.05, 0) is 11.6 Å². The lowest BCUT2D eigenvalue weighted by Gasteiger charge is -2.13. The molecular formula is C15H13F3N4O2. The van der Waals surface area contributed by atoms with E-state index in [1.807, 2.05) is 0 Å². The summed E-state index contributed by atoms with van der Waals surface area (Å²) in [5.74, 6) is 0. The molecule has 0 saturated carbocycles. The summed E-state index contributed by atoms with van der Waals surface area (Å²) in [6.45, 7) is -0.181. The van der Waals surface area contributed by atoms with E-state index in [1.54, 1.807) is 0 Å². The van der Waals surface area contributed by atoms with Crippen LogP contribution in [0.5, 0.6) is 0 Å². The van der Waals surface area contributed by atoms with E-state index in [0.717, 1.165) is 10.6 Å². The molecule has 0 N–H and O–H groups in total. The first-order chi connectivity index (χ1) is 11.2. The van der Waals surface area contributed by atoms with Crippen LogP contribution in [-0.2, 0) is 26.8 Å². The van der Waals surface area contributed by atoms with E-state index in [9.17, 15) is 22.8 Å². The van der Waals surface area contributed by atoms with Gasteiger partial charge >= 0.3 is 11.9 Å². The number of aromatic nitrogens is 4. The van der Waals surface area contributed by atoms with Crippen molar-refractivity contribution >= 4 is 11.2 Å². The number of nitrogens with zero attached hydrogens (tertiary/aromatic N) is 4. The average Bonchev–Trinajstić information content (AvgIpc) is 2.94. The number of benzene rings is 1. The fourth-order valence-electron chi connectivity index (χ4n) is 2.64. The summed E-state index contributed by atoms with van der Waals surface area (Å²) in [6, 6.07) is 5.14. The van der Waals surface area contributed by atoms with Gasteiger partial charge in [0.25, 0.3) is 5.56 Å². The highest BCUT2D eigenvalue weighted by molar-refractivity contribution is 5.70. The Labute approximate surface area is 133 Å². The van der Waals surface area contributed by atoms with Gasteiger partial charge in [0.1, 0.15) is 0 Å². The van der Waals surface area contributed by atoms with Crippen LogP contribution >= 0.6 is 0 Å². The van der Waals surface area contributed by atoms with Gasteiger partial charge in [-0.15, -0.1) is 0 Å². The Morgan fingerprint density at radius 3 is 2.42 bits per heavy atom. The fourth-order valence-corrected chi connectivity index (χ4v) is 2.64. The number of halogens is 3. The van der Waals surface area contributed by atoms with Crippen LogP contribution in [0.15, 0.2) is 40.2 Å². The normalized spacial score (nSPS) is 12.0. The highest BCUT2D eigenvalue weighted by Gasteiger charge is 2.33. The molecule has 6 nitrogen and oxygen atoms in total. The van der Waals surface area contributed by atoms with Crippen LogP contribution < -0.4 is 11.2 Å². The van der Waals surface area contributed by atoms with Crippen molar-refractivity contribution in [3.05, 3.63) is 62.6 Å². The van der Waals surface area contributed by atoms with E-state index in [-0.39, 0.29) is 23.3 Å². The molecule has 0 radical (unpaired) electrons. The van der Waals surface area contributed by atoms with Crippen molar-refractivity contribution < 1.29 is 13.2 Å². The van der Waals surface area contributed by atoms with Crippen molar-refractivity contribution in [1.29, 1.82) is 0 Å². The smallest absolute Gasteiger partial charge is 0.320 e. The molecule has 0 aliphatic heterocycles. The zero-order chi connectivity index (χ0) is 17.6. The average molecular weight is 338 g/mol. The Kier molecular flexibility index (Phi) is 3.58. The third-order valence-corrected chi connectivity index (χ3v) is 3.88. The Hall–Kier alpha value is -2.84. The molecule has 0 amide bonds. The predicted molar refractivity (Wildman–Crippen MR) is 80.8 cm³/mol. The molecular weight excluding hydrogens is 325 g/mol. The molecule has 126 valence electrons. The molecule has 0 aliphatic carbocycles. The first-order valence-electron chi connectivity index (χ1n) is 6.97. The molecule has 2 aromatic heterocycles. The van der Waals surface area contributed by atoms with Crippen LogP contribution in [0.25, 0.3) is 11.2 Å². The first kappa shape index (κ1) is 16.0. The second-order valence-electron chi connectivity index (χ2n) is 5.41. The molecule has 1 aromatic carbocycles. The Morgan fingerprint density at radius 2 is 1.75 bits per heavy atom. The number of fused-ring (bicyclic) bond motifs is 1. The summed E-state index contributed by atoms with van der Waals surface area (Å²) in [5.41, 5.74) is -1.69. The maximum atomic E-state index is 13.1. The zero-order valence-electron chi connectivity index (χ0n) is 12.8. The number of hydrogen-bond acceptors (Lipinski definition) is 3. The zero-order valence-corrected chi connectivity index (χ0v) is 12.8. The Morgan fingerprint density at radius 1 is 1.08 bits per heavy atom. The van der Waals surface area contributed by atoms with Crippen molar-refractivity contribution in [1.82, 2.24) is 18.7 Å². The van der Waals surface area contributed by atoms with Crippen molar-refractivity contribution in [2.75, 3.05) is 0 Å². The fraction of sp³-hybridized carbons (Fsp3) is 0.267. The molecule has 9 heteroatoms. The molecule has 24 heavy (non-hydrogen) atoms. The Balaban J connectivity index is 2.21. The molecule has 0 atom stereocenters. The molecule has 0 spiro atoms. The lowest BCUT2D eigenvalue weighted by Crippen LogP contribution is -2.37. The van der Waals surface area contributed by atoms with Crippen LogP contribution in [0, 0.1) is 0 Å². The predicted octanol–water partition coefficient (Wildman–Crippen LogP) is 1.50. The highest BCUT2D eigenvalue weighted by Crippen LogP contribution is 2.32. The quantitative estimate of drug-likeness (QED) is 0.711. The number of alkyl halides is 3. The van der Waals surface area contributed by atoms with Crippen molar-refractivity contribution in [3.63, 3.8) is 0 Å². The summed E-state index contributed by atoms with van der Waals surface area (Å²) in [6.07, 6.45) is -3.23. The van der Waals surface area contributed by atoms with Gasteiger partial charge in [-0.25, -0.2) is 9.78 Å². The maximum absolute atomic E-state index is 13.1. The Bertz CT molecular complexity index is 1040. The second-order valence-corrected chi connectivity index (χ2v) is 5.41. The van der Waals surface area contributed by atoms with Crippen LogP contribution in [0.1, 0.15) is 11.1 Å². The van der Waals surface area contributed by atoms with Gasteiger partial charge in [-0.3, -0.25) is 13.9 Å². The third kappa shape index (κ3) is 2.41. The minimum atomic E-state index is -4.50. The number of imidazole rings is 1. The molecule has 0 bridgehead atoms. The van der Waals surface area contributed by atoms with Crippen LogP contribution in [0.4, 0.5) is 13.2 Å². The van der Waals surface area contributed by atoms with Crippen molar-refractivity contribution in [3.8, 4) is 0 Å². The topological polar surface area (TPSA) is 61.8 Å². The second kappa shape index (κ2) is 5.36. The minimum absolute atomic E-state index is 0.0141. The molecule has 3 aromatic rings. The summed E-state index contributed by atoms with van der Waals surface area (Å²) in [5, 5.41) is 0. The summed E-state index contributed by atoms with van der Waals surface area (Å²) < 4.78 is 42.7. The van der Waals surface area contributed by atoms with Gasteiger partial charge in [0.15, 0.2) is 11.2 Å². The molecule has 3 rings (SSSR count). The maximum Gasteiger partial charge on any atom is 0.416 e. The molecule has 2 heterocycles. The van der Waals surface area contributed by atoms with Gasteiger partial charge in [-0.1, -0.05) is 18.2 Å². The number of hydrogen-bond donors (Lipinski definition) is 0. The van der Waals surface area contributed by atoms with Gasteiger partial charge in [0.2, 0.25) is 0 Å². The largest absolute Gasteiger partial charge is 0.416 e. The molecule has 0 saturated heterocycles. The molecule has 0 fully saturated rings. The van der Waals surface area contributed by atoms with Crippen molar-refractivity contribution in [2.24, 2.45) is 14.1 Å². The first-order valence-corrected chi connectivity index (χ1v) is 6.97. The van der Waals surface area contributed by atoms with E-state index < -0.39 is 23.0 Å². The van der Waals surface area contributed by atoms with E-state index in [0.29, 0.717) is 0 Å². The van der Waals surface area contributed by atoms with Crippen LogP contribution in [0.3, 0.4) is 0 Å². The summed E-state index contributed by atoms with van der Waals surface area (Å²) in [4.78, 5) is 28.2. The SMILES string of the molecule is Cn1c(=O)c2c(ncn2Cc2ccccc2C(F)(F)F)n(C)c1=O. The number of rotatable bonds is 2. The monoisotopic (exact) mass is 338 g/mol. The van der Waals surface area contributed by atoms with E-state index in [2.05, 4.69) is 4.98 Å². The third-order valence-electron chi connectivity index (χ3n) is 3.88. The van der Waals surface area contributed by atoms with Crippen LogP contribution in [0.2, 0.25) is 0 Å². The van der Waals surface area contributed by atoms with Gasteiger partial charge in [0.05, 0.1) is 11.9 Å². The van der Waals surface area contributed by atoms with E-state index in [4.69, 9.17) is 0 Å². The summed E-state index contributed by atoms with van der Waals surface area (Å²) >= 11 is 0. The lowest BCUT2D eigenvalue weighted by atomic mass is 10.1. The van der Waals surface area contributed by atoms with E-state index >= 15 is 0 Å². The van der Waals surface area contributed by atoms with Gasteiger partial charge in [0, 0.05) is 20.6 Å². The van der Waals surface area contributed by atoms with Gasteiger partial charge in [-0.2, -0.15) is 13.2 Å². The molecule has 0 aliphatic rings. The van der Waals surface area contributed by atoms with Crippen molar-refractivity contribution in [2.45, 2.75) is 12.7 Å². The summed E-state index contributed by atoms with van der Waals surface area (Å²) in [7, 11) is 2.76. The van der Waals surface area contributed by atoms with E-state index in [1.165, 1.54) is 47.8 Å². The standard InChI is InChI=1S/C15H13F3N4O2/c1-20-12-11(13(23)21(2)14(20)24)22(8-19-12)7-9-5-3-4-6-10(9)15(16,17)18/h3-6,8H,7H2,1-2H3. The molecule has 0 unspecified atom stereocenters. The minimum Gasteiger partial charge on any atom is -0.320 e. The number of aryl methyl sites for hydroxylation is 1. The van der Waals surface area contributed by atoms with Crippen LogP contribution in [-0.4, -0.2) is 18.7 Å². The van der Waals surface area contributed by atoms with Gasteiger partial charge < -0.3 is 4.57 Å². The highest BCUT2D eigenvalue weighted by atomic mass is 19.4.